The molecule has 0 aliphatic rings. The lowest BCUT2D eigenvalue weighted by Gasteiger charge is -2.02. The molecule has 0 atom stereocenters. The van der Waals surface area contributed by atoms with Crippen LogP contribution >= 0.6 is 0 Å². The quantitative estimate of drug-likeness (QED) is 0.434. The predicted molar refractivity (Wildman–Crippen MR) is 54.0 cm³/mol. The molecule has 0 heterocycles. The molecular formula is C11H18O. The number of allylic oxidation sites excluding steroid dienone is 5. The molecule has 0 aromatic heterocycles. The summed E-state index contributed by atoms with van der Waals surface area (Å²) in [4.78, 5) is 0. The molecule has 0 saturated carbocycles. The van der Waals surface area contributed by atoms with Crippen molar-refractivity contribution in [2.75, 3.05) is 7.11 Å². The standard InChI is InChI=1S/C11H18O/c1-4-6-8-10-11(12-3)9-7-5-2/h4,6,8,10H,1,5,7,9H2,2-3H3/b8-6-,11-10+. The summed E-state index contributed by atoms with van der Waals surface area (Å²) in [5.74, 6) is 1.04. The summed E-state index contributed by atoms with van der Waals surface area (Å²) in [6.45, 7) is 5.76. The molecule has 1 heteroatoms. The van der Waals surface area contributed by atoms with Gasteiger partial charge in [0.1, 0.15) is 0 Å². The first-order valence-electron chi connectivity index (χ1n) is 4.37. The van der Waals surface area contributed by atoms with Gasteiger partial charge in [-0.3, -0.25) is 0 Å². The molecule has 0 saturated heterocycles. The van der Waals surface area contributed by atoms with Crippen LogP contribution in [0.25, 0.3) is 0 Å². The zero-order valence-corrected chi connectivity index (χ0v) is 8.05. The predicted octanol–water partition coefficient (Wildman–Crippen LogP) is 3.45. The fourth-order valence-electron chi connectivity index (χ4n) is 0.846. The Labute approximate surface area is 75.4 Å². The van der Waals surface area contributed by atoms with Crippen molar-refractivity contribution < 1.29 is 4.74 Å². The minimum absolute atomic E-state index is 1.02. The van der Waals surface area contributed by atoms with Crippen LogP contribution in [-0.2, 0) is 4.74 Å². The normalized spacial score (nSPS) is 12.0. The van der Waals surface area contributed by atoms with Crippen LogP contribution in [0.15, 0.2) is 36.6 Å². The van der Waals surface area contributed by atoms with E-state index in [2.05, 4.69) is 13.5 Å². The fourth-order valence-corrected chi connectivity index (χ4v) is 0.846. The molecule has 0 aliphatic heterocycles. The van der Waals surface area contributed by atoms with E-state index in [-0.39, 0.29) is 0 Å². The second-order valence-electron chi connectivity index (χ2n) is 2.56. The van der Waals surface area contributed by atoms with Gasteiger partial charge in [0.25, 0.3) is 0 Å². The van der Waals surface area contributed by atoms with E-state index in [1.807, 2.05) is 18.2 Å². The average molecular weight is 166 g/mol. The van der Waals surface area contributed by atoms with Crippen molar-refractivity contribution in [1.82, 2.24) is 0 Å². The first-order chi connectivity index (χ1) is 5.85. The maximum atomic E-state index is 5.17. The van der Waals surface area contributed by atoms with Gasteiger partial charge < -0.3 is 4.74 Å². The van der Waals surface area contributed by atoms with Crippen LogP contribution < -0.4 is 0 Å². The van der Waals surface area contributed by atoms with Crippen LogP contribution in [0.1, 0.15) is 26.2 Å². The Bertz CT molecular complexity index is 166. The third-order valence-electron chi connectivity index (χ3n) is 1.57. The zero-order valence-electron chi connectivity index (χ0n) is 8.05. The second-order valence-corrected chi connectivity index (χ2v) is 2.56. The third-order valence-corrected chi connectivity index (χ3v) is 1.57. The number of rotatable bonds is 6. The highest BCUT2D eigenvalue weighted by Crippen LogP contribution is 2.07. The summed E-state index contributed by atoms with van der Waals surface area (Å²) >= 11 is 0. The van der Waals surface area contributed by atoms with E-state index >= 15 is 0 Å². The van der Waals surface area contributed by atoms with Crippen LogP contribution in [0, 0.1) is 0 Å². The highest BCUT2D eigenvalue weighted by Gasteiger charge is 1.91. The smallest absolute Gasteiger partial charge is 0.0955 e. The summed E-state index contributed by atoms with van der Waals surface area (Å²) in [5.41, 5.74) is 0. The van der Waals surface area contributed by atoms with Gasteiger partial charge in [-0.25, -0.2) is 0 Å². The third kappa shape index (κ3) is 5.78. The van der Waals surface area contributed by atoms with Crippen molar-refractivity contribution in [2.24, 2.45) is 0 Å². The molecule has 1 nitrogen and oxygen atoms in total. The molecule has 0 aliphatic carbocycles. The van der Waals surface area contributed by atoms with Gasteiger partial charge in [0.15, 0.2) is 0 Å². The van der Waals surface area contributed by atoms with E-state index in [4.69, 9.17) is 4.74 Å². The lowest BCUT2D eigenvalue weighted by molar-refractivity contribution is 0.275. The molecule has 0 fully saturated rings. The topological polar surface area (TPSA) is 9.23 Å². The first kappa shape index (κ1) is 11.0. The molecule has 0 radical (unpaired) electrons. The lowest BCUT2D eigenvalue weighted by atomic mass is 10.2. The van der Waals surface area contributed by atoms with Crippen molar-refractivity contribution in [3.8, 4) is 0 Å². The molecule has 0 N–H and O–H groups in total. The largest absolute Gasteiger partial charge is 0.501 e. The monoisotopic (exact) mass is 166 g/mol. The number of unbranched alkanes of at least 4 members (excludes halogenated alkanes) is 1. The summed E-state index contributed by atoms with van der Waals surface area (Å²) in [5, 5.41) is 0. The Morgan fingerprint density at radius 2 is 2.17 bits per heavy atom. The summed E-state index contributed by atoms with van der Waals surface area (Å²) < 4.78 is 5.17. The maximum absolute atomic E-state index is 5.17. The van der Waals surface area contributed by atoms with Gasteiger partial charge in [-0.1, -0.05) is 38.2 Å². The zero-order chi connectivity index (χ0) is 9.23. The summed E-state index contributed by atoms with van der Waals surface area (Å²) in [6, 6.07) is 0. The van der Waals surface area contributed by atoms with Gasteiger partial charge >= 0.3 is 0 Å². The van der Waals surface area contributed by atoms with Crippen LogP contribution in [0.4, 0.5) is 0 Å². The van der Waals surface area contributed by atoms with Gasteiger partial charge in [0.2, 0.25) is 0 Å². The Kier molecular flexibility index (Phi) is 7.46. The van der Waals surface area contributed by atoms with E-state index < -0.39 is 0 Å². The van der Waals surface area contributed by atoms with Crippen LogP contribution in [0.5, 0.6) is 0 Å². The highest BCUT2D eigenvalue weighted by atomic mass is 16.5. The maximum Gasteiger partial charge on any atom is 0.0955 e. The van der Waals surface area contributed by atoms with Crippen molar-refractivity contribution in [1.29, 1.82) is 0 Å². The number of methoxy groups -OCH3 is 1. The molecule has 12 heavy (non-hydrogen) atoms. The second kappa shape index (κ2) is 8.12. The van der Waals surface area contributed by atoms with E-state index in [1.54, 1.807) is 13.2 Å². The molecule has 0 unspecified atom stereocenters. The van der Waals surface area contributed by atoms with Crippen LogP contribution in [-0.4, -0.2) is 7.11 Å². The SMILES string of the molecule is C=C/C=C\C=C(/CCCC)OC. The van der Waals surface area contributed by atoms with Crippen molar-refractivity contribution in [3.05, 3.63) is 36.6 Å². The van der Waals surface area contributed by atoms with Gasteiger partial charge in [-0.15, -0.1) is 0 Å². The molecular weight excluding hydrogens is 148 g/mol. The lowest BCUT2D eigenvalue weighted by Crippen LogP contribution is -1.85. The van der Waals surface area contributed by atoms with Crippen molar-refractivity contribution >= 4 is 0 Å². The Hall–Kier alpha value is -0.980. The van der Waals surface area contributed by atoms with Gasteiger partial charge in [0.05, 0.1) is 12.9 Å². The first-order valence-corrected chi connectivity index (χ1v) is 4.37. The van der Waals surface area contributed by atoms with E-state index in [0.717, 1.165) is 12.2 Å². The minimum atomic E-state index is 1.02. The Morgan fingerprint density at radius 3 is 2.67 bits per heavy atom. The van der Waals surface area contributed by atoms with Gasteiger partial charge in [-0.05, 0) is 12.5 Å². The summed E-state index contributed by atoms with van der Waals surface area (Å²) in [6.07, 6.45) is 11.0. The van der Waals surface area contributed by atoms with Gasteiger partial charge in [-0.2, -0.15) is 0 Å². The van der Waals surface area contributed by atoms with Crippen molar-refractivity contribution in [3.63, 3.8) is 0 Å². The van der Waals surface area contributed by atoms with E-state index in [0.29, 0.717) is 0 Å². The Balaban J connectivity index is 3.85. The van der Waals surface area contributed by atoms with Gasteiger partial charge in [0, 0.05) is 6.42 Å². The molecule has 0 aromatic carbocycles. The molecule has 0 bridgehead atoms. The molecule has 0 aromatic rings. The average Bonchev–Trinajstić information content (AvgIpc) is 2.11. The molecule has 0 spiro atoms. The van der Waals surface area contributed by atoms with Crippen LogP contribution in [0.2, 0.25) is 0 Å². The molecule has 68 valence electrons. The number of hydrogen-bond donors (Lipinski definition) is 0. The molecule has 0 amide bonds. The van der Waals surface area contributed by atoms with E-state index in [9.17, 15) is 0 Å². The van der Waals surface area contributed by atoms with Crippen LogP contribution in [0.3, 0.4) is 0 Å². The minimum Gasteiger partial charge on any atom is -0.501 e. The fraction of sp³-hybridized carbons (Fsp3) is 0.455. The van der Waals surface area contributed by atoms with Crippen molar-refractivity contribution in [2.45, 2.75) is 26.2 Å². The Morgan fingerprint density at radius 1 is 1.42 bits per heavy atom. The molecule has 0 rings (SSSR count). The van der Waals surface area contributed by atoms with E-state index in [1.165, 1.54) is 12.8 Å². The number of hydrogen-bond acceptors (Lipinski definition) is 1. The number of ether oxygens (including phenoxy) is 1. The highest BCUT2D eigenvalue weighted by molar-refractivity contribution is 5.12. The summed E-state index contributed by atoms with van der Waals surface area (Å²) in [7, 11) is 1.71.